The highest BCUT2D eigenvalue weighted by atomic mass is 16.7. The van der Waals surface area contributed by atoms with Gasteiger partial charge in [0.25, 0.3) is 0 Å². The van der Waals surface area contributed by atoms with Crippen molar-refractivity contribution in [2.24, 2.45) is 0 Å². The van der Waals surface area contributed by atoms with Crippen molar-refractivity contribution in [1.82, 2.24) is 5.32 Å². The average molecular weight is 1230 g/mol. The molecule has 0 saturated carbocycles. The zero-order chi connectivity index (χ0) is 62.8. The standard InChI is InChI=1S/C78H151NO8/c1-3-5-7-9-11-13-15-17-19-21-23-25-27-29-30-31-32-33-34-35-36-37-38-39-40-41-42-44-46-48-50-52-54-56-58-60-62-64-66-68-74(82)79-71(70-86-78-77(85)76(84)75(83)73(69-80)87-78)72(81)67-65-63-61-59-57-55-53-51-49-47-45-43-28-26-24-22-20-18-16-14-12-10-8-6-4-2/h21,23,65,67,71-73,75-78,80-81,83-85H,3-20,22,24-64,66,68-70H2,1-2H3,(H,79,82)/b23-21-,67-65+. The fourth-order valence-corrected chi connectivity index (χ4v) is 12.9. The molecule has 0 aromatic carbocycles. The van der Waals surface area contributed by atoms with Gasteiger partial charge in [-0.2, -0.15) is 0 Å². The van der Waals surface area contributed by atoms with E-state index in [0.29, 0.717) is 6.42 Å². The van der Waals surface area contributed by atoms with Crippen LogP contribution in [0.1, 0.15) is 412 Å². The van der Waals surface area contributed by atoms with Gasteiger partial charge >= 0.3 is 0 Å². The Morgan fingerprint density at radius 2 is 0.644 bits per heavy atom. The van der Waals surface area contributed by atoms with E-state index in [9.17, 15) is 30.3 Å². The van der Waals surface area contributed by atoms with Crippen molar-refractivity contribution in [3.05, 3.63) is 24.3 Å². The Balaban J connectivity index is 2.04. The third kappa shape index (κ3) is 56.0. The zero-order valence-corrected chi connectivity index (χ0v) is 58.1. The quantitative estimate of drug-likeness (QED) is 0.0261. The largest absolute Gasteiger partial charge is 0.394 e. The van der Waals surface area contributed by atoms with Gasteiger partial charge in [-0.05, 0) is 44.9 Å². The first-order valence-electron chi connectivity index (χ1n) is 39.1. The number of ether oxygens (including phenoxy) is 2. The number of allylic oxidation sites excluding steroid dienone is 3. The molecule has 7 unspecified atom stereocenters. The Morgan fingerprint density at radius 3 is 0.931 bits per heavy atom. The van der Waals surface area contributed by atoms with E-state index in [-0.39, 0.29) is 12.5 Å². The molecule has 0 aliphatic carbocycles. The van der Waals surface area contributed by atoms with E-state index in [1.807, 2.05) is 6.08 Å². The van der Waals surface area contributed by atoms with Crippen molar-refractivity contribution in [3.63, 3.8) is 0 Å². The van der Waals surface area contributed by atoms with E-state index in [4.69, 9.17) is 9.47 Å². The summed E-state index contributed by atoms with van der Waals surface area (Å²) >= 11 is 0. The average Bonchev–Trinajstić information content (AvgIpc) is 3.38. The van der Waals surface area contributed by atoms with Crippen LogP contribution < -0.4 is 5.32 Å². The zero-order valence-electron chi connectivity index (χ0n) is 58.1. The normalized spacial score (nSPS) is 18.0. The van der Waals surface area contributed by atoms with E-state index < -0.39 is 49.5 Å². The van der Waals surface area contributed by atoms with Crippen LogP contribution in [0.25, 0.3) is 0 Å². The van der Waals surface area contributed by atoms with Gasteiger partial charge in [0.15, 0.2) is 6.29 Å². The van der Waals surface area contributed by atoms with Crippen LogP contribution in [0.5, 0.6) is 0 Å². The van der Waals surface area contributed by atoms with E-state index in [2.05, 4.69) is 31.3 Å². The summed E-state index contributed by atoms with van der Waals surface area (Å²) in [4.78, 5) is 13.2. The van der Waals surface area contributed by atoms with Crippen molar-refractivity contribution in [3.8, 4) is 0 Å². The second-order valence-electron chi connectivity index (χ2n) is 27.5. The molecular weight excluding hydrogens is 1080 g/mol. The highest BCUT2D eigenvalue weighted by molar-refractivity contribution is 5.76. The first kappa shape index (κ1) is 83.7. The number of unbranched alkanes of at least 4 members (excludes halogenated alkanes) is 58. The monoisotopic (exact) mass is 1230 g/mol. The fraction of sp³-hybridized carbons (Fsp3) is 0.936. The lowest BCUT2D eigenvalue weighted by Crippen LogP contribution is -2.60. The van der Waals surface area contributed by atoms with Crippen molar-refractivity contribution < 1.29 is 39.8 Å². The van der Waals surface area contributed by atoms with Crippen LogP contribution in [0.4, 0.5) is 0 Å². The van der Waals surface area contributed by atoms with Gasteiger partial charge in [0.05, 0.1) is 25.4 Å². The number of carbonyl (C=O) groups excluding carboxylic acids is 1. The summed E-state index contributed by atoms with van der Waals surface area (Å²) < 4.78 is 11.3. The van der Waals surface area contributed by atoms with E-state index in [1.54, 1.807) is 6.08 Å². The van der Waals surface area contributed by atoms with Gasteiger partial charge in [-0.15, -0.1) is 0 Å². The maximum absolute atomic E-state index is 13.2. The Morgan fingerprint density at radius 1 is 0.379 bits per heavy atom. The number of aliphatic hydroxyl groups is 5. The van der Waals surface area contributed by atoms with E-state index in [0.717, 1.165) is 38.5 Å². The van der Waals surface area contributed by atoms with Crippen LogP contribution in [0.3, 0.4) is 0 Å². The van der Waals surface area contributed by atoms with Gasteiger partial charge in [-0.3, -0.25) is 4.79 Å². The van der Waals surface area contributed by atoms with Crippen molar-refractivity contribution in [1.29, 1.82) is 0 Å². The fourth-order valence-electron chi connectivity index (χ4n) is 12.9. The van der Waals surface area contributed by atoms with Gasteiger partial charge in [-0.25, -0.2) is 0 Å². The van der Waals surface area contributed by atoms with Gasteiger partial charge in [0.1, 0.15) is 24.4 Å². The van der Waals surface area contributed by atoms with E-state index >= 15 is 0 Å². The number of rotatable bonds is 70. The maximum Gasteiger partial charge on any atom is 0.220 e. The predicted octanol–water partition coefficient (Wildman–Crippen LogP) is 22.0. The molecule has 1 fully saturated rings. The number of hydrogen-bond donors (Lipinski definition) is 6. The van der Waals surface area contributed by atoms with Crippen LogP contribution in [-0.2, 0) is 14.3 Å². The van der Waals surface area contributed by atoms with Gasteiger partial charge in [0, 0.05) is 6.42 Å². The number of hydrogen-bond acceptors (Lipinski definition) is 8. The summed E-state index contributed by atoms with van der Waals surface area (Å²) in [6.07, 6.45) is 83.3. The lowest BCUT2D eigenvalue weighted by molar-refractivity contribution is -0.302. The molecule has 0 spiro atoms. The molecule has 1 rings (SSSR count). The highest BCUT2D eigenvalue weighted by Crippen LogP contribution is 2.24. The minimum atomic E-state index is -1.57. The minimum Gasteiger partial charge on any atom is -0.394 e. The highest BCUT2D eigenvalue weighted by Gasteiger charge is 2.44. The number of amides is 1. The summed E-state index contributed by atoms with van der Waals surface area (Å²) in [5.74, 6) is -0.167. The summed E-state index contributed by atoms with van der Waals surface area (Å²) in [5.41, 5.74) is 0. The van der Waals surface area contributed by atoms with Crippen LogP contribution >= 0.6 is 0 Å². The third-order valence-corrected chi connectivity index (χ3v) is 19.0. The molecule has 516 valence electrons. The van der Waals surface area contributed by atoms with Crippen molar-refractivity contribution >= 4 is 5.91 Å². The molecule has 9 nitrogen and oxygen atoms in total. The molecule has 87 heavy (non-hydrogen) atoms. The Hall–Kier alpha value is -1.33. The molecule has 1 saturated heterocycles. The molecule has 9 heteroatoms. The van der Waals surface area contributed by atoms with Crippen LogP contribution in [0, 0.1) is 0 Å². The smallest absolute Gasteiger partial charge is 0.220 e. The lowest BCUT2D eigenvalue weighted by atomic mass is 9.99. The summed E-state index contributed by atoms with van der Waals surface area (Å²) in [6, 6.07) is -0.804. The third-order valence-electron chi connectivity index (χ3n) is 19.0. The molecule has 6 N–H and O–H groups in total. The van der Waals surface area contributed by atoms with Crippen molar-refractivity contribution in [2.45, 2.75) is 455 Å². The second-order valence-corrected chi connectivity index (χ2v) is 27.5. The topological polar surface area (TPSA) is 149 Å². The molecule has 1 aliphatic rings. The second kappa shape index (κ2) is 67.6. The van der Waals surface area contributed by atoms with Crippen LogP contribution in [0.15, 0.2) is 24.3 Å². The van der Waals surface area contributed by atoms with Gasteiger partial charge < -0.3 is 40.3 Å². The molecule has 1 amide bonds. The summed E-state index contributed by atoms with van der Waals surface area (Å²) in [6.45, 7) is 3.85. The molecule has 0 aromatic heterocycles. The molecule has 7 atom stereocenters. The molecule has 1 heterocycles. The molecule has 1 aliphatic heterocycles. The van der Waals surface area contributed by atoms with Gasteiger partial charge in [0.2, 0.25) is 5.91 Å². The molecule has 0 radical (unpaired) electrons. The first-order chi connectivity index (χ1) is 42.8. The van der Waals surface area contributed by atoms with E-state index in [1.165, 1.54) is 353 Å². The number of nitrogens with one attached hydrogen (secondary N) is 1. The van der Waals surface area contributed by atoms with Crippen LogP contribution in [-0.4, -0.2) is 87.5 Å². The van der Waals surface area contributed by atoms with Crippen molar-refractivity contribution in [2.75, 3.05) is 13.2 Å². The Kier molecular flexibility index (Phi) is 65.0. The molecule has 0 bridgehead atoms. The van der Waals surface area contributed by atoms with Gasteiger partial charge in [-0.1, -0.05) is 385 Å². The molecule has 0 aromatic rings. The summed E-state index contributed by atoms with van der Waals surface area (Å²) in [5, 5.41) is 54.9. The minimum absolute atomic E-state index is 0.167. The first-order valence-corrected chi connectivity index (χ1v) is 39.1. The predicted molar refractivity (Wildman–Crippen MR) is 374 cm³/mol. The number of aliphatic hydroxyl groups excluding tert-OH is 5. The van der Waals surface area contributed by atoms with Crippen LogP contribution in [0.2, 0.25) is 0 Å². The maximum atomic E-state index is 13.2. The Labute approximate surface area is 540 Å². The Bertz CT molecular complexity index is 1430. The number of carbonyl (C=O) groups is 1. The lowest BCUT2D eigenvalue weighted by Gasteiger charge is -2.40. The summed E-state index contributed by atoms with van der Waals surface area (Å²) in [7, 11) is 0. The molecular formula is C78H151NO8. The SMILES string of the molecule is CCCCCCCCCC/C=C\CCCCCCCCCCCCCCCCCCCCCCCCCCCCCC(=O)NC(COC1OC(CO)C(O)C(O)C1O)C(O)/C=C/CCCCCCCCCCCCCCCCCCCCCCCCC.